The normalized spacial score (nSPS) is 25.9. The summed E-state index contributed by atoms with van der Waals surface area (Å²) in [5.41, 5.74) is 3.42. The average Bonchev–Trinajstić information content (AvgIpc) is 2.59. The molecule has 0 amide bonds. The zero-order valence-electron chi connectivity index (χ0n) is 17.5. The Hall–Kier alpha value is -1.58. The van der Waals surface area contributed by atoms with Crippen molar-refractivity contribution in [2.75, 3.05) is 6.61 Å². The predicted octanol–water partition coefficient (Wildman–Crippen LogP) is 5.05. The fourth-order valence-electron chi connectivity index (χ4n) is 5.22. The molecule has 0 aromatic rings. The number of allylic oxidation sites excluding steroid dienone is 3. The highest BCUT2D eigenvalue weighted by Gasteiger charge is 2.42. The molecule has 2 aliphatic carbocycles. The Morgan fingerprint density at radius 2 is 1.85 bits per heavy atom. The van der Waals surface area contributed by atoms with Crippen LogP contribution in [0.1, 0.15) is 85.5 Å². The maximum Gasteiger partial charge on any atom is 0.336 e. The highest BCUT2D eigenvalue weighted by molar-refractivity contribution is 6.02. The first-order valence-electron chi connectivity index (χ1n) is 10.7. The van der Waals surface area contributed by atoms with Crippen LogP contribution < -0.4 is 5.32 Å². The molecule has 1 aliphatic heterocycles. The Morgan fingerprint density at radius 3 is 2.52 bits per heavy atom. The largest absolute Gasteiger partial charge is 0.463 e. The number of hydrogen-bond donors (Lipinski definition) is 1. The van der Waals surface area contributed by atoms with E-state index in [1.807, 2.05) is 13.8 Å². The van der Waals surface area contributed by atoms with Crippen molar-refractivity contribution < 1.29 is 14.3 Å². The molecular formula is C23H35NO3. The quantitative estimate of drug-likeness (QED) is 0.686. The van der Waals surface area contributed by atoms with Gasteiger partial charge in [-0.05, 0) is 44.4 Å². The van der Waals surface area contributed by atoms with E-state index in [1.54, 1.807) is 0 Å². The first kappa shape index (κ1) is 20.2. The van der Waals surface area contributed by atoms with E-state index in [-0.39, 0.29) is 23.1 Å². The van der Waals surface area contributed by atoms with Crippen LogP contribution in [0.5, 0.6) is 0 Å². The predicted molar refractivity (Wildman–Crippen MR) is 107 cm³/mol. The number of hydrogen-bond acceptors (Lipinski definition) is 4. The number of ether oxygens (including phenoxy) is 1. The Bertz CT molecular complexity index is 665. The van der Waals surface area contributed by atoms with E-state index >= 15 is 0 Å². The van der Waals surface area contributed by atoms with E-state index in [1.165, 1.54) is 32.1 Å². The number of carbonyl (C=O) groups is 2. The Labute approximate surface area is 163 Å². The lowest BCUT2D eigenvalue weighted by Crippen LogP contribution is -2.39. The van der Waals surface area contributed by atoms with Crippen molar-refractivity contribution in [3.05, 3.63) is 22.5 Å². The molecule has 3 rings (SSSR count). The van der Waals surface area contributed by atoms with Gasteiger partial charge < -0.3 is 10.1 Å². The first-order chi connectivity index (χ1) is 12.8. The number of Topliss-reactive ketones (excluding diaryl/α,β-unsaturated/α-hetero) is 1. The van der Waals surface area contributed by atoms with Crippen molar-refractivity contribution in [2.24, 2.45) is 17.3 Å². The summed E-state index contributed by atoms with van der Waals surface area (Å²) in [4.78, 5) is 25.8. The van der Waals surface area contributed by atoms with Crippen molar-refractivity contribution in [3.63, 3.8) is 0 Å². The Kier molecular flexibility index (Phi) is 6.12. The van der Waals surface area contributed by atoms with Crippen molar-refractivity contribution >= 4 is 11.8 Å². The molecule has 0 spiro atoms. The van der Waals surface area contributed by atoms with Crippen LogP contribution in [0.25, 0.3) is 0 Å². The fourth-order valence-corrected chi connectivity index (χ4v) is 5.22. The summed E-state index contributed by atoms with van der Waals surface area (Å²) in [6.45, 7) is 8.44. The van der Waals surface area contributed by atoms with E-state index in [0.29, 0.717) is 18.6 Å². The number of nitrogens with one attached hydrogen (secondary N) is 1. The smallest absolute Gasteiger partial charge is 0.336 e. The minimum atomic E-state index is -0.264. The summed E-state index contributed by atoms with van der Waals surface area (Å²) in [6, 6.07) is 0. The number of ketones is 1. The highest BCUT2D eigenvalue weighted by atomic mass is 16.5. The van der Waals surface area contributed by atoms with Crippen molar-refractivity contribution in [1.29, 1.82) is 0 Å². The molecular weight excluding hydrogens is 338 g/mol. The van der Waals surface area contributed by atoms with Crippen molar-refractivity contribution in [2.45, 2.75) is 85.5 Å². The van der Waals surface area contributed by atoms with E-state index in [4.69, 9.17) is 4.74 Å². The van der Waals surface area contributed by atoms with Gasteiger partial charge in [-0.15, -0.1) is 0 Å². The van der Waals surface area contributed by atoms with E-state index in [0.717, 1.165) is 42.1 Å². The number of carbonyl (C=O) groups excluding carboxylic acids is 2. The number of dihydropyridines is 1. The van der Waals surface area contributed by atoms with Crippen LogP contribution in [-0.2, 0) is 14.3 Å². The van der Waals surface area contributed by atoms with Gasteiger partial charge in [0.05, 0.1) is 12.2 Å². The van der Waals surface area contributed by atoms with Gasteiger partial charge in [0, 0.05) is 29.3 Å². The van der Waals surface area contributed by atoms with Gasteiger partial charge in [-0.2, -0.15) is 0 Å². The third kappa shape index (κ3) is 4.47. The average molecular weight is 374 g/mol. The maximum absolute atomic E-state index is 13.1. The second-order valence-corrected chi connectivity index (χ2v) is 9.35. The minimum absolute atomic E-state index is 0.0292. The molecule has 1 saturated carbocycles. The van der Waals surface area contributed by atoms with Gasteiger partial charge in [-0.25, -0.2) is 4.79 Å². The summed E-state index contributed by atoms with van der Waals surface area (Å²) < 4.78 is 5.36. The second-order valence-electron chi connectivity index (χ2n) is 9.35. The zero-order valence-corrected chi connectivity index (χ0v) is 17.5. The molecule has 0 radical (unpaired) electrons. The topological polar surface area (TPSA) is 55.4 Å². The van der Waals surface area contributed by atoms with Gasteiger partial charge >= 0.3 is 5.97 Å². The molecule has 0 bridgehead atoms. The fraction of sp³-hybridized carbons (Fsp3) is 0.739. The van der Waals surface area contributed by atoms with Crippen molar-refractivity contribution in [3.8, 4) is 0 Å². The third-order valence-corrected chi connectivity index (χ3v) is 6.44. The highest BCUT2D eigenvalue weighted by Crippen LogP contribution is 2.45. The van der Waals surface area contributed by atoms with Gasteiger partial charge in [0.15, 0.2) is 5.78 Å². The maximum atomic E-state index is 13.1. The monoisotopic (exact) mass is 373 g/mol. The third-order valence-electron chi connectivity index (χ3n) is 6.44. The second kappa shape index (κ2) is 8.20. The molecule has 1 heterocycles. The van der Waals surface area contributed by atoms with Crippen LogP contribution in [0, 0.1) is 17.3 Å². The summed E-state index contributed by atoms with van der Waals surface area (Å²) in [5, 5.41) is 3.40. The zero-order chi connectivity index (χ0) is 19.6. The van der Waals surface area contributed by atoms with Gasteiger partial charge in [0.2, 0.25) is 0 Å². The minimum Gasteiger partial charge on any atom is -0.463 e. The van der Waals surface area contributed by atoms with Crippen LogP contribution in [0.15, 0.2) is 22.5 Å². The van der Waals surface area contributed by atoms with Gasteiger partial charge in [-0.3, -0.25) is 4.79 Å². The Balaban J connectivity index is 1.89. The van der Waals surface area contributed by atoms with Gasteiger partial charge in [0.25, 0.3) is 0 Å². The molecule has 1 fully saturated rings. The summed E-state index contributed by atoms with van der Waals surface area (Å²) >= 11 is 0. The molecule has 4 nitrogen and oxygen atoms in total. The van der Waals surface area contributed by atoms with Crippen LogP contribution in [-0.4, -0.2) is 18.4 Å². The lowest BCUT2D eigenvalue weighted by atomic mass is 9.68. The lowest BCUT2D eigenvalue weighted by Gasteiger charge is -2.39. The summed E-state index contributed by atoms with van der Waals surface area (Å²) in [6.07, 6.45) is 9.95. The van der Waals surface area contributed by atoms with Crippen LogP contribution in [0.2, 0.25) is 0 Å². The first-order valence-corrected chi connectivity index (χ1v) is 10.7. The van der Waals surface area contributed by atoms with Crippen molar-refractivity contribution in [1.82, 2.24) is 5.32 Å². The molecule has 0 aromatic heterocycles. The van der Waals surface area contributed by atoms with Gasteiger partial charge in [-0.1, -0.05) is 46.0 Å². The van der Waals surface area contributed by atoms with E-state index in [9.17, 15) is 9.59 Å². The summed E-state index contributed by atoms with van der Waals surface area (Å²) in [7, 11) is 0. The standard InChI is InChI=1S/C23H35NO3/c1-5-27-22(26)20-15(2)24-18-13-23(3,4)14-19(25)21(18)17(20)12-11-16-9-7-6-8-10-16/h16-17,24H,5-14H2,1-4H3/t17-/m1/s1. The molecule has 0 aromatic carbocycles. The molecule has 3 aliphatic rings. The SMILES string of the molecule is CCOC(=O)C1=C(C)NC2=C(C(=O)CC(C)(C)C2)[C@@H]1CCC1CCCCC1. The number of rotatable bonds is 5. The molecule has 1 N–H and O–H groups in total. The molecule has 27 heavy (non-hydrogen) atoms. The molecule has 0 unspecified atom stereocenters. The Morgan fingerprint density at radius 1 is 1.15 bits per heavy atom. The van der Waals surface area contributed by atoms with Crippen LogP contribution >= 0.6 is 0 Å². The lowest BCUT2D eigenvalue weighted by molar-refractivity contribution is -0.139. The van der Waals surface area contributed by atoms with Gasteiger partial charge in [0.1, 0.15) is 0 Å². The molecule has 0 saturated heterocycles. The van der Waals surface area contributed by atoms with Crippen LogP contribution in [0.3, 0.4) is 0 Å². The number of esters is 1. The van der Waals surface area contributed by atoms with E-state index in [2.05, 4.69) is 19.2 Å². The molecule has 1 atom stereocenters. The van der Waals surface area contributed by atoms with Crippen LogP contribution in [0.4, 0.5) is 0 Å². The molecule has 4 heteroatoms. The summed E-state index contributed by atoms with van der Waals surface area (Å²) in [5.74, 6) is 0.569. The van der Waals surface area contributed by atoms with E-state index < -0.39 is 0 Å². The molecule has 150 valence electrons.